The van der Waals surface area contributed by atoms with Gasteiger partial charge >= 0.3 is 0 Å². The molecule has 0 saturated carbocycles. The van der Waals surface area contributed by atoms with Crippen LogP contribution < -0.4 is 10.6 Å². The van der Waals surface area contributed by atoms with Gasteiger partial charge in [0.15, 0.2) is 5.96 Å². The summed E-state index contributed by atoms with van der Waals surface area (Å²) in [5, 5.41) is 10.9. The van der Waals surface area contributed by atoms with Crippen LogP contribution in [0.1, 0.15) is 19.8 Å². The van der Waals surface area contributed by atoms with Crippen molar-refractivity contribution >= 4 is 5.96 Å². The lowest BCUT2D eigenvalue weighted by atomic mass is 10.1. The largest absolute Gasteiger partial charge is 0.357 e. The maximum absolute atomic E-state index is 4.71. The molecule has 2 heterocycles. The first-order valence-electron chi connectivity index (χ1n) is 7.96. The Morgan fingerprint density at radius 1 is 1.43 bits per heavy atom. The molecule has 0 amide bonds. The van der Waals surface area contributed by atoms with E-state index in [0.717, 1.165) is 38.6 Å². The second-order valence-electron chi connectivity index (χ2n) is 5.69. The highest BCUT2D eigenvalue weighted by molar-refractivity contribution is 5.79. The van der Waals surface area contributed by atoms with E-state index >= 15 is 0 Å². The van der Waals surface area contributed by atoms with E-state index < -0.39 is 0 Å². The van der Waals surface area contributed by atoms with Crippen LogP contribution in [0.3, 0.4) is 0 Å². The molecule has 1 atom stereocenters. The number of aromatic nitrogens is 2. The van der Waals surface area contributed by atoms with Gasteiger partial charge in [-0.15, -0.1) is 0 Å². The van der Waals surface area contributed by atoms with Crippen LogP contribution >= 0.6 is 0 Å². The Kier molecular flexibility index (Phi) is 6.53. The van der Waals surface area contributed by atoms with Crippen molar-refractivity contribution in [3.05, 3.63) is 18.5 Å². The van der Waals surface area contributed by atoms with Crippen LogP contribution in [0.15, 0.2) is 23.5 Å². The van der Waals surface area contributed by atoms with E-state index in [1.54, 1.807) is 0 Å². The molecule has 1 aliphatic rings. The number of aliphatic imine (C=N–C) groups is 1. The summed E-state index contributed by atoms with van der Waals surface area (Å²) >= 11 is 0. The number of guanidine groups is 1. The highest BCUT2D eigenvalue weighted by Crippen LogP contribution is 2.14. The van der Waals surface area contributed by atoms with Gasteiger partial charge in [0.25, 0.3) is 0 Å². The third-order valence-corrected chi connectivity index (χ3v) is 3.76. The molecule has 0 radical (unpaired) electrons. The zero-order valence-electron chi connectivity index (χ0n) is 13.3. The molecule has 0 spiro atoms. The minimum absolute atomic E-state index is 0.703. The summed E-state index contributed by atoms with van der Waals surface area (Å²) in [7, 11) is 2.18. The number of likely N-dealkylation sites (tertiary alicyclic amines) is 1. The Balaban J connectivity index is 1.67. The predicted molar refractivity (Wildman–Crippen MR) is 86.4 cm³/mol. The standard InChI is InChI=1S/C15H28N6/c1-3-16-15(18-12-14-6-11-20(2)13-14)17-7-4-9-21-10-5-8-19-21/h5,8,10,14H,3-4,6-7,9,11-13H2,1-2H3,(H2,16,17,18). The molecular formula is C15H28N6. The lowest BCUT2D eigenvalue weighted by Crippen LogP contribution is -2.38. The fourth-order valence-corrected chi connectivity index (χ4v) is 2.62. The quantitative estimate of drug-likeness (QED) is 0.443. The number of hydrogen-bond donors (Lipinski definition) is 2. The van der Waals surface area contributed by atoms with Crippen LogP contribution in [0.25, 0.3) is 0 Å². The van der Waals surface area contributed by atoms with E-state index in [1.165, 1.54) is 19.5 Å². The fraction of sp³-hybridized carbons (Fsp3) is 0.733. The van der Waals surface area contributed by atoms with Crippen LogP contribution in [-0.4, -0.2) is 60.4 Å². The van der Waals surface area contributed by atoms with Gasteiger partial charge in [-0.1, -0.05) is 0 Å². The molecule has 2 rings (SSSR count). The molecule has 1 unspecified atom stereocenters. The van der Waals surface area contributed by atoms with Gasteiger partial charge in [0.05, 0.1) is 0 Å². The summed E-state index contributed by atoms with van der Waals surface area (Å²) in [5.41, 5.74) is 0. The minimum Gasteiger partial charge on any atom is -0.357 e. The number of nitrogens with zero attached hydrogens (tertiary/aromatic N) is 4. The first kappa shape index (κ1) is 15.8. The van der Waals surface area contributed by atoms with Crippen molar-refractivity contribution in [2.75, 3.05) is 39.8 Å². The molecular weight excluding hydrogens is 264 g/mol. The smallest absolute Gasteiger partial charge is 0.191 e. The summed E-state index contributed by atoms with van der Waals surface area (Å²) in [6.45, 7) is 8.14. The van der Waals surface area contributed by atoms with Crippen LogP contribution in [0.4, 0.5) is 0 Å². The molecule has 0 bridgehead atoms. The highest BCUT2D eigenvalue weighted by atomic mass is 15.3. The molecule has 118 valence electrons. The van der Waals surface area contributed by atoms with Crippen LogP contribution in [-0.2, 0) is 6.54 Å². The molecule has 6 heteroatoms. The van der Waals surface area contributed by atoms with Crippen LogP contribution in [0.5, 0.6) is 0 Å². The average molecular weight is 292 g/mol. The Labute approximate surface area is 127 Å². The third-order valence-electron chi connectivity index (χ3n) is 3.76. The van der Waals surface area contributed by atoms with Crippen molar-refractivity contribution in [2.45, 2.75) is 26.3 Å². The van der Waals surface area contributed by atoms with Crippen molar-refractivity contribution in [1.82, 2.24) is 25.3 Å². The van der Waals surface area contributed by atoms with Crippen LogP contribution in [0.2, 0.25) is 0 Å². The summed E-state index contributed by atoms with van der Waals surface area (Å²) in [5.74, 6) is 1.64. The molecule has 1 saturated heterocycles. The summed E-state index contributed by atoms with van der Waals surface area (Å²) in [6, 6.07) is 1.96. The van der Waals surface area contributed by atoms with Crippen molar-refractivity contribution in [1.29, 1.82) is 0 Å². The minimum atomic E-state index is 0.703. The first-order valence-corrected chi connectivity index (χ1v) is 7.96. The zero-order chi connectivity index (χ0) is 14.9. The maximum atomic E-state index is 4.71. The normalized spacial score (nSPS) is 19.9. The number of aryl methyl sites for hydroxylation is 1. The highest BCUT2D eigenvalue weighted by Gasteiger charge is 2.18. The second-order valence-corrected chi connectivity index (χ2v) is 5.69. The van der Waals surface area contributed by atoms with Gasteiger partial charge in [0.1, 0.15) is 0 Å². The molecule has 2 N–H and O–H groups in total. The first-order chi connectivity index (χ1) is 10.3. The van der Waals surface area contributed by atoms with Gasteiger partial charge in [-0.2, -0.15) is 5.10 Å². The Hall–Kier alpha value is -1.56. The van der Waals surface area contributed by atoms with E-state index in [9.17, 15) is 0 Å². The lowest BCUT2D eigenvalue weighted by Gasteiger charge is -2.13. The Bertz CT molecular complexity index is 414. The maximum Gasteiger partial charge on any atom is 0.191 e. The fourth-order valence-electron chi connectivity index (χ4n) is 2.62. The van der Waals surface area contributed by atoms with Crippen molar-refractivity contribution < 1.29 is 0 Å². The summed E-state index contributed by atoms with van der Waals surface area (Å²) < 4.78 is 1.96. The SMILES string of the molecule is CCNC(=NCC1CCN(C)C1)NCCCn1cccn1. The number of nitrogens with one attached hydrogen (secondary N) is 2. The Morgan fingerprint density at radius 3 is 3.00 bits per heavy atom. The molecule has 6 nitrogen and oxygen atoms in total. The second kappa shape index (κ2) is 8.67. The molecule has 0 aliphatic carbocycles. The molecule has 1 aromatic heterocycles. The number of rotatable bonds is 7. The van der Waals surface area contributed by atoms with Gasteiger partial charge in [-0.25, -0.2) is 0 Å². The lowest BCUT2D eigenvalue weighted by molar-refractivity contribution is 0.397. The Morgan fingerprint density at radius 2 is 2.33 bits per heavy atom. The van der Waals surface area contributed by atoms with Crippen molar-refractivity contribution in [3.8, 4) is 0 Å². The van der Waals surface area contributed by atoms with Gasteiger partial charge in [-0.05, 0) is 45.3 Å². The van der Waals surface area contributed by atoms with Gasteiger partial charge in [-0.3, -0.25) is 9.67 Å². The molecule has 0 aromatic carbocycles. The molecule has 21 heavy (non-hydrogen) atoms. The van der Waals surface area contributed by atoms with E-state index in [0.29, 0.717) is 5.92 Å². The average Bonchev–Trinajstić information content (AvgIpc) is 3.12. The molecule has 1 fully saturated rings. The van der Waals surface area contributed by atoms with E-state index in [4.69, 9.17) is 4.99 Å². The van der Waals surface area contributed by atoms with E-state index in [2.05, 4.69) is 34.6 Å². The van der Waals surface area contributed by atoms with Gasteiger partial charge < -0.3 is 15.5 Å². The molecule has 1 aliphatic heterocycles. The van der Waals surface area contributed by atoms with Crippen molar-refractivity contribution in [3.63, 3.8) is 0 Å². The summed E-state index contributed by atoms with van der Waals surface area (Å²) in [6.07, 6.45) is 6.12. The van der Waals surface area contributed by atoms with E-state index in [1.807, 2.05) is 23.1 Å². The zero-order valence-corrected chi connectivity index (χ0v) is 13.3. The van der Waals surface area contributed by atoms with Crippen LogP contribution in [0, 0.1) is 5.92 Å². The third kappa shape index (κ3) is 5.75. The van der Waals surface area contributed by atoms with Crippen molar-refractivity contribution in [2.24, 2.45) is 10.9 Å². The van der Waals surface area contributed by atoms with Gasteiger partial charge in [0.2, 0.25) is 0 Å². The van der Waals surface area contributed by atoms with Gasteiger partial charge in [0, 0.05) is 45.1 Å². The number of hydrogen-bond acceptors (Lipinski definition) is 3. The molecule has 1 aromatic rings. The summed E-state index contributed by atoms with van der Waals surface area (Å²) in [4.78, 5) is 7.09. The monoisotopic (exact) mass is 292 g/mol. The van der Waals surface area contributed by atoms with E-state index in [-0.39, 0.29) is 0 Å². The topological polar surface area (TPSA) is 57.5 Å². The predicted octanol–water partition coefficient (Wildman–Crippen LogP) is 0.780.